The van der Waals surface area contributed by atoms with Crippen molar-refractivity contribution in [2.45, 2.75) is 32.7 Å². The molecule has 0 saturated carbocycles. The van der Waals surface area contributed by atoms with E-state index in [4.69, 9.17) is 15.2 Å². The number of nitrogens with zero attached hydrogens (tertiary/aromatic N) is 1. The number of ether oxygens (including phenoxy) is 2. The summed E-state index contributed by atoms with van der Waals surface area (Å²) in [5.74, 6) is 1.71. The zero-order chi connectivity index (χ0) is 15.2. The lowest BCUT2D eigenvalue weighted by Gasteiger charge is -2.14. The van der Waals surface area contributed by atoms with E-state index >= 15 is 0 Å². The lowest BCUT2D eigenvalue weighted by molar-refractivity contribution is 0.317. The van der Waals surface area contributed by atoms with Gasteiger partial charge in [-0.1, -0.05) is 0 Å². The molecule has 4 nitrogen and oxygen atoms in total. The standard InChI is InChI=1S/C16H22N2O2S/c1-11(17)8-13-9-14(19-3)4-5-15(13)20-7-6-16-12(2)18-10-21-16/h4-5,9-11H,6-8,17H2,1-3H3. The number of benzene rings is 1. The second-order valence-electron chi connectivity index (χ2n) is 5.11. The molecule has 2 N–H and O–H groups in total. The minimum atomic E-state index is 0.0863. The van der Waals surface area contributed by atoms with Crippen LogP contribution in [-0.2, 0) is 12.8 Å². The van der Waals surface area contributed by atoms with Crippen LogP contribution < -0.4 is 15.2 Å². The zero-order valence-corrected chi connectivity index (χ0v) is 13.6. The minimum Gasteiger partial charge on any atom is -0.497 e. The van der Waals surface area contributed by atoms with Gasteiger partial charge >= 0.3 is 0 Å². The predicted octanol–water partition coefficient (Wildman–Crippen LogP) is 2.97. The molecule has 0 aliphatic rings. The summed E-state index contributed by atoms with van der Waals surface area (Å²) in [4.78, 5) is 5.53. The van der Waals surface area contributed by atoms with E-state index in [-0.39, 0.29) is 6.04 Å². The highest BCUT2D eigenvalue weighted by molar-refractivity contribution is 7.09. The van der Waals surface area contributed by atoms with E-state index in [0.29, 0.717) is 6.61 Å². The van der Waals surface area contributed by atoms with Crippen LogP contribution in [0.3, 0.4) is 0 Å². The highest BCUT2D eigenvalue weighted by Gasteiger charge is 2.09. The number of aromatic nitrogens is 1. The van der Waals surface area contributed by atoms with Gasteiger partial charge in [0.1, 0.15) is 11.5 Å². The Kier molecular flexibility index (Phi) is 5.59. The fourth-order valence-corrected chi connectivity index (χ4v) is 2.91. The van der Waals surface area contributed by atoms with Gasteiger partial charge in [-0.15, -0.1) is 11.3 Å². The summed E-state index contributed by atoms with van der Waals surface area (Å²) in [6, 6.07) is 5.95. The molecule has 0 aliphatic heterocycles. The average Bonchev–Trinajstić information content (AvgIpc) is 2.85. The van der Waals surface area contributed by atoms with Crippen molar-refractivity contribution in [3.05, 3.63) is 39.8 Å². The third-order valence-corrected chi connectivity index (χ3v) is 4.24. The largest absolute Gasteiger partial charge is 0.497 e. The minimum absolute atomic E-state index is 0.0863. The predicted molar refractivity (Wildman–Crippen MR) is 86.4 cm³/mol. The van der Waals surface area contributed by atoms with E-state index in [2.05, 4.69) is 4.98 Å². The second-order valence-corrected chi connectivity index (χ2v) is 6.05. The van der Waals surface area contributed by atoms with Crippen LogP contribution in [-0.4, -0.2) is 24.7 Å². The fourth-order valence-electron chi connectivity index (χ4n) is 2.15. The maximum absolute atomic E-state index is 5.93. The normalized spacial score (nSPS) is 12.2. The van der Waals surface area contributed by atoms with Gasteiger partial charge in [0.25, 0.3) is 0 Å². The number of nitrogens with two attached hydrogens (primary N) is 1. The number of rotatable bonds is 7. The molecule has 0 amide bonds. The quantitative estimate of drug-likeness (QED) is 0.854. The maximum Gasteiger partial charge on any atom is 0.122 e. The van der Waals surface area contributed by atoms with Crippen LogP contribution in [0.4, 0.5) is 0 Å². The molecule has 1 heterocycles. The number of aryl methyl sites for hydroxylation is 1. The monoisotopic (exact) mass is 306 g/mol. The molecule has 0 bridgehead atoms. The van der Waals surface area contributed by atoms with Gasteiger partial charge < -0.3 is 15.2 Å². The first-order valence-electron chi connectivity index (χ1n) is 7.04. The van der Waals surface area contributed by atoms with Crippen molar-refractivity contribution in [3.8, 4) is 11.5 Å². The lowest BCUT2D eigenvalue weighted by Crippen LogP contribution is -2.18. The molecule has 21 heavy (non-hydrogen) atoms. The highest BCUT2D eigenvalue weighted by Crippen LogP contribution is 2.25. The summed E-state index contributed by atoms with van der Waals surface area (Å²) >= 11 is 1.67. The summed E-state index contributed by atoms with van der Waals surface area (Å²) in [7, 11) is 1.66. The SMILES string of the molecule is COc1ccc(OCCc2scnc2C)c(CC(C)N)c1. The summed E-state index contributed by atoms with van der Waals surface area (Å²) in [5.41, 5.74) is 9.96. The summed E-state index contributed by atoms with van der Waals surface area (Å²) in [5, 5.41) is 0. The molecule has 0 spiro atoms. The summed E-state index contributed by atoms with van der Waals surface area (Å²) in [6.45, 7) is 4.66. The first-order valence-corrected chi connectivity index (χ1v) is 7.92. The molecule has 1 unspecified atom stereocenters. The smallest absolute Gasteiger partial charge is 0.122 e. The number of methoxy groups -OCH3 is 1. The van der Waals surface area contributed by atoms with Gasteiger partial charge in [-0.3, -0.25) is 0 Å². The van der Waals surface area contributed by atoms with E-state index in [1.165, 1.54) is 4.88 Å². The maximum atomic E-state index is 5.93. The third kappa shape index (κ3) is 4.44. The number of thiazole rings is 1. The van der Waals surface area contributed by atoms with Crippen LogP contribution in [0.15, 0.2) is 23.7 Å². The Morgan fingerprint density at radius 2 is 2.19 bits per heavy atom. The van der Waals surface area contributed by atoms with E-state index in [0.717, 1.165) is 35.6 Å². The van der Waals surface area contributed by atoms with E-state index in [1.807, 2.05) is 37.6 Å². The Bertz CT molecular complexity index is 581. The van der Waals surface area contributed by atoms with Crippen molar-refractivity contribution in [1.29, 1.82) is 0 Å². The zero-order valence-electron chi connectivity index (χ0n) is 12.8. The number of hydrogen-bond donors (Lipinski definition) is 1. The van der Waals surface area contributed by atoms with Gasteiger partial charge in [0.2, 0.25) is 0 Å². The summed E-state index contributed by atoms with van der Waals surface area (Å²) in [6.07, 6.45) is 1.65. The fraction of sp³-hybridized carbons (Fsp3) is 0.438. The second kappa shape index (κ2) is 7.43. The van der Waals surface area contributed by atoms with Gasteiger partial charge in [-0.2, -0.15) is 0 Å². The third-order valence-electron chi connectivity index (χ3n) is 3.24. The van der Waals surface area contributed by atoms with Gasteiger partial charge in [0, 0.05) is 17.3 Å². The van der Waals surface area contributed by atoms with Crippen LogP contribution in [0.2, 0.25) is 0 Å². The van der Waals surface area contributed by atoms with Crippen LogP contribution >= 0.6 is 11.3 Å². The summed E-state index contributed by atoms with van der Waals surface area (Å²) < 4.78 is 11.2. The van der Waals surface area contributed by atoms with Crippen LogP contribution in [0.25, 0.3) is 0 Å². The lowest BCUT2D eigenvalue weighted by atomic mass is 10.1. The highest BCUT2D eigenvalue weighted by atomic mass is 32.1. The van der Waals surface area contributed by atoms with Crippen molar-refractivity contribution in [1.82, 2.24) is 4.98 Å². The average molecular weight is 306 g/mol. The molecule has 0 fully saturated rings. The topological polar surface area (TPSA) is 57.4 Å². The Balaban J connectivity index is 2.02. The molecule has 0 radical (unpaired) electrons. The van der Waals surface area contributed by atoms with Crippen molar-refractivity contribution >= 4 is 11.3 Å². The van der Waals surface area contributed by atoms with Gasteiger partial charge in [-0.05, 0) is 44.0 Å². The Morgan fingerprint density at radius 1 is 1.38 bits per heavy atom. The Morgan fingerprint density at radius 3 is 2.81 bits per heavy atom. The van der Waals surface area contributed by atoms with Gasteiger partial charge in [-0.25, -0.2) is 4.98 Å². The van der Waals surface area contributed by atoms with E-state index in [1.54, 1.807) is 18.4 Å². The Hall–Kier alpha value is -1.59. The van der Waals surface area contributed by atoms with Crippen molar-refractivity contribution in [2.75, 3.05) is 13.7 Å². The first-order chi connectivity index (χ1) is 10.1. The molecule has 114 valence electrons. The van der Waals surface area contributed by atoms with Crippen molar-refractivity contribution in [2.24, 2.45) is 5.73 Å². The molecule has 1 atom stereocenters. The molecular formula is C16H22N2O2S. The molecule has 1 aromatic carbocycles. The number of hydrogen-bond acceptors (Lipinski definition) is 5. The van der Waals surface area contributed by atoms with Crippen LogP contribution in [0.1, 0.15) is 23.1 Å². The van der Waals surface area contributed by atoms with E-state index < -0.39 is 0 Å². The Labute approximate surface area is 129 Å². The molecule has 0 aliphatic carbocycles. The molecular weight excluding hydrogens is 284 g/mol. The molecule has 0 saturated heterocycles. The van der Waals surface area contributed by atoms with Gasteiger partial charge in [0.15, 0.2) is 0 Å². The van der Waals surface area contributed by atoms with Crippen LogP contribution in [0, 0.1) is 6.92 Å². The molecule has 1 aromatic heterocycles. The molecule has 2 aromatic rings. The first kappa shape index (κ1) is 15.8. The van der Waals surface area contributed by atoms with Crippen molar-refractivity contribution < 1.29 is 9.47 Å². The van der Waals surface area contributed by atoms with E-state index in [9.17, 15) is 0 Å². The van der Waals surface area contributed by atoms with Gasteiger partial charge in [0.05, 0.1) is 24.9 Å². The molecule has 5 heteroatoms. The van der Waals surface area contributed by atoms with Crippen molar-refractivity contribution in [3.63, 3.8) is 0 Å². The van der Waals surface area contributed by atoms with Crippen LogP contribution in [0.5, 0.6) is 11.5 Å². The molecule has 2 rings (SSSR count).